The number of hydrogen-bond donors (Lipinski definition) is 7. The Morgan fingerprint density at radius 2 is 1.19 bits per heavy atom. The van der Waals surface area contributed by atoms with E-state index in [2.05, 4.69) is 31.3 Å². The van der Waals surface area contributed by atoms with Crippen LogP contribution in [0.1, 0.15) is 162 Å². The van der Waals surface area contributed by atoms with Crippen LogP contribution in [0.3, 0.4) is 0 Å². The molecule has 0 bridgehead atoms. The maximum Gasteiger partial charge on any atom is 0.249 e. The second-order valence-corrected chi connectivity index (χ2v) is 13.9. The SMILES string of the molecule is CCCC/C=C\CCCCCCC(O)C(=O)NC(COC1OC(CO)C(O)C(O)C1O)C(O)CCCCCCCCCCCCCCC. The van der Waals surface area contributed by atoms with Crippen LogP contribution in [0, 0.1) is 0 Å². The summed E-state index contributed by atoms with van der Waals surface area (Å²) in [6.07, 6.45) is 19.8. The summed E-state index contributed by atoms with van der Waals surface area (Å²) in [4.78, 5) is 12.9. The van der Waals surface area contributed by atoms with Crippen molar-refractivity contribution >= 4 is 5.91 Å². The van der Waals surface area contributed by atoms with Crippen molar-refractivity contribution in [3.63, 3.8) is 0 Å². The predicted octanol–water partition coefficient (Wildman–Crippen LogP) is 5.58. The summed E-state index contributed by atoms with van der Waals surface area (Å²) in [6, 6.07) is -0.892. The van der Waals surface area contributed by atoms with Crippen LogP contribution in [0.2, 0.25) is 0 Å². The number of hydrogen-bond acceptors (Lipinski definition) is 9. The summed E-state index contributed by atoms with van der Waals surface area (Å²) in [5, 5.41) is 64.4. The minimum Gasteiger partial charge on any atom is -0.394 e. The number of rotatable bonds is 31. The van der Waals surface area contributed by atoms with Gasteiger partial charge in [-0.25, -0.2) is 0 Å². The van der Waals surface area contributed by atoms with E-state index in [9.17, 15) is 35.4 Å². The summed E-state index contributed by atoms with van der Waals surface area (Å²) in [5.41, 5.74) is 0. The molecule has 1 amide bonds. The molecular formula is C38H73NO9. The maximum atomic E-state index is 12.9. The average Bonchev–Trinajstić information content (AvgIpc) is 3.08. The zero-order valence-electron chi connectivity index (χ0n) is 30.4. The van der Waals surface area contributed by atoms with Crippen LogP contribution in [0.25, 0.3) is 0 Å². The molecule has 7 N–H and O–H groups in total. The number of aliphatic hydroxyl groups excluding tert-OH is 6. The van der Waals surface area contributed by atoms with Gasteiger partial charge in [0.2, 0.25) is 5.91 Å². The van der Waals surface area contributed by atoms with Crippen molar-refractivity contribution in [2.45, 2.75) is 210 Å². The highest BCUT2D eigenvalue weighted by Crippen LogP contribution is 2.23. The van der Waals surface area contributed by atoms with E-state index >= 15 is 0 Å². The highest BCUT2D eigenvalue weighted by molar-refractivity contribution is 5.80. The lowest BCUT2D eigenvalue weighted by Gasteiger charge is -2.40. The van der Waals surface area contributed by atoms with Gasteiger partial charge in [0.15, 0.2) is 6.29 Å². The van der Waals surface area contributed by atoms with Gasteiger partial charge in [-0.2, -0.15) is 0 Å². The third-order valence-corrected chi connectivity index (χ3v) is 9.48. The van der Waals surface area contributed by atoms with E-state index in [0.29, 0.717) is 19.3 Å². The molecule has 48 heavy (non-hydrogen) atoms. The largest absolute Gasteiger partial charge is 0.394 e. The number of amides is 1. The first-order valence-corrected chi connectivity index (χ1v) is 19.5. The minimum absolute atomic E-state index is 0.257. The van der Waals surface area contributed by atoms with Crippen molar-refractivity contribution in [1.29, 1.82) is 0 Å². The van der Waals surface area contributed by atoms with Gasteiger partial charge in [0.1, 0.15) is 30.5 Å². The Bertz CT molecular complexity index is 783. The van der Waals surface area contributed by atoms with Gasteiger partial charge in [-0.05, 0) is 32.1 Å². The lowest BCUT2D eigenvalue weighted by molar-refractivity contribution is -0.302. The summed E-state index contributed by atoms with van der Waals surface area (Å²) in [6.45, 7) is 3.58. The minimum atomic E-state index is -1.59. The standard InChI is InChI=1S/C38H73NO9/c1-3-5-7-9-11-13-15-16-17-19-20-22-24-26-31(41)30(29-47-38-36(45)35(44)34(43)33(28-40)48-38)39-37(46)32(42)27-25-23-21-18-14-12-10-8-6-4-2/h10,12,30-36,38,40-45H,3-9,11,13-29H2,1-2H3,(H,39,46)/b12-10-. The van der Waals surface area contributed by atoms with Crippen LogP contribution in [0.15, 0.2) is 12.2 Å². The molecule has 0 aromatic rings. The van der Waals surface area contributed by atoms with E-state index in [-0.39, 0.29) is 6.61 Å². The summed E-state index contributed by atoms with van der Waals surface area (Å²) in [5.74, 6) is -0.597. The first-order chi connectivity index (χ1) is 23.3. The van der Waals surface area contributed by atoms with Gasteiger partial charge in [0.25, 0.3) is 0 Å². The number of aliphatic hydroxyl groups is 6. The monoisotopic (exact) mass is 688 g/mol. The first-order valence-electron chi connectivity index (χ1n) is 19.5. The van der Waals surface area contributed by atoms with Crippen LogP contribution in [-0.4, -0.2) is 98.7 Å². The number of unbranched alkanes of at least 4 members (excludes halogenated alkanes) is 18. The second kappa shape index (κ2) is 29.6. The van der Waals surface area contributed by atoms with Crippen LogP contribution in [0.5, 0.6) is 0 Å². The van der Waals surface area contributed by atoms with Crippen molar-refractivity contribution in [3.8, 4) is 0 Å². The molecule has 284 valence electrons. The number of nitrogens with one attached hydrogen (secondary N) is 1. The molecule has 1 fully saturated rings. The fraction of sp³-hybridized carbons (Fsp3) is 0.921. The van der Waals surface area contributed by atoms with E-state index in [4.69, 9.17) is 9.47 Å². The molecule has 0 aliphatic carbocycles. The Balaban J connectivity index is 2.50. The number of ether oxygens (including phenoxy) is 2. The van der Waals surface area contributed by atoms with E-state index in [0.717, 1.165) is 57.8 Å². The third kappa shape index (κ3) is 20.5. The molecule has 8 atom stereocenters. The van der Waals surface area contributed by atoms with Gasteiger partial charge < -0.3 is 45.4 Å². The third-order valence-electron chi connectivity index (χ3n) is 9.48. The molecule has 10 nitrogen and oxygen atoms in total. The number of carbonyl (C=O) groups excluding carboxylic acids is 1. The predicted molar refractivity (Wildman–Crippen MR) is 190 cm³/mol. The Kier molecular flexibility index (Phi) is 27.7. The molecule has 1 saturated heterocycles. The lowest BCUT2D eigenvalue weighted by atomic mass is 9.99. The quantitative estimate of drug-likeness (QED) is 0.0364. The van der Waals surface area contributed by atoms with Crippen molar-refractivity contribution in [2.75, 3.05) is 13.2 Å². The van der Waals surface area contributed by atoms with Crippen molar-refractivity contribution in [1.82, 2.24) is 5.32 Å². The fourth-order valence-corrected chi connectivity index (χ4v) is 6.15. The molecule has 1 aliphatic heterocycles. The van der Waals surface area contributed by atoms with Crippen molar-refractivity contribution in [2.24, 2.45) is 0 Å². The summed E-state index contributed by atoms with van der Waals surface area (Å²) >= 11 is 0. The van der Waals surface area contributed by atoms with Crippen LogP contribution < -0.4 is 5.32 Å². The molecule has 0 saturated carbocycles. The number of carbonyl (C=O) groups is 1. The highest BCUT2D eigenvalue weighted by Gasteiger charge is 2.44. The average molecular weight is 688 g/mol. The van der Waals surface area contributed by atoms with Crippen LogP contribution >= 0.6 is 0 Å². The van der Waals surface area contributed by atoms with Gasteiger partial charge in [0, 0.05) is 0 Å². The van der Waals surface area contributed by atoms with Gasteiger partial charge in [0.05, 0.1) is 25.4 Å². The topological polar surface area (TPSA) is 169 Å². The molecule has 0 aromatic carbocycles. The number of allylic oxidation sites excluding steroid dienone is 2. The Hall–Kier alpha value is -1.11. The zero-order chi connectivity index (χ0) is 35.4. The van der Waals surface area contributed by atoms with Gasteiger partial charge in [-0.3, -0.25) is 4.79 Å². The molecule has 1 heterocycles. The van der Waals surface area contributed by atoms with E-state index in [1.54, 1.807) is 0 Å². The summed E-state index contributed by atoms with van der Waals surface area (Å²) < 4.78 is 11.1. The molecule has 1 rings (SSSR count). The first kappa shape index (κ1) is 44.9. The Morgan fingerprint density at radius 3 is 1.75 bits per heavy atom. The molecule has 10 heteroatoms. The second-order valence-electron chi connectivity index (χ2n) is 13.9. The molecule has 0 spiro atoms. The highest BCUT2D eigenvalue weighted by atomic mass is 16.7. The molecule has 8 unspecified atom stereocenters. The molecule has 0 aromatic heterocycles. The lowest BCUT2D eigenvalue weighted by Crippen LogP contribution is -2.60. The van der Waals surface area contributed by atoms with Crippen LogP contribution in [-0.2, 0) is 14.3 Å². The Morgan fingerprint density at radius 1 is 0.688 bits per heavy atom. The van der Waals surface area contributed by atoms with Gasteiger partial charge in [-0.1, -0.05) is 142 Å². The smallest absolute Gasteiger partial charge is 0.249 e. The molecule has 0 radical (unpaired) electrons. The van der Waals surface area contributed by atoms with Gasteiger partial charge >= 0.3 is 0 Å². The van der Waals surface area contributed by atoms with Crippen LogP contribution in [0.4, 0.5) is 0 Å². The van der Waals surface area contributed by atoms with E-state index < -0.39 is 61.5 Å². The Labute approximate surface area is 291 Å². The van der Waals surface area contributed by atoms with Crippen molar-refractivity contribution in [3.05, 3.63) is 12.2 Å². The normalized spacial score (nSPS) is 23.4. The zero-order valence-corrected chi connectivity index (χ0v) is 30.4. The maximum absolute atomic E-state index is 12.9. The van der Waals surface area contributed by atoms with Gasteiger partial charge in [-0.15, -0.1) is 0 Å². The summed E-state index contributed by atoms with van der Waals surface area (Å²) in [7, 11) is 0. The van der Waals surface area contributed by atoms with E-state index in [1.807, 2.05) is 0 Å². The fourth-order valence-electron chi connectivity index (χ4n) is 6.15. The molecular weight excluding hydrogens is 614 g/mol. The van der Waals surface area contributed by atoms with Crippen molar-refractivity contribution < 1.29 is 44.9 Å². The van der Waals surface area contributed by atoms with E-state index in [1.165, 1.54) is 70.6 Å². The molecule has 1 aliphatic rings.